The van der Waals surface area contributed by atoms with Crippen LogP contribution in [0.3, 0.4) is 0 Å². The number of thioether (sulfide) groups is 1. The highest BCUT2D eigenvalue weighted by Crippen LogP contribution is 2.27. The lowest BCUT2D eigenvalue weighted by Crippen LogP contribution is -2.39. The first-order chi connectivity index (χ1) is 9.86. The van der Waals surface area contributed by atoms with E-state index in [1.165, 1.54) is 6.26 Å². The average Bonchev–Trinajstić information content (AvgIpc) is 2.45. The molecule has 0 amide bonds. The molecule has 0 N–H and O–H groups in total. The third kappa shape index (κ3) is 4.83. The van der Waals surface area contributed by atoms with E-state index < -0.39 is 10.0 Å². The van der Waals surface area contributed by atoms with Gasteiger partial charge in [-0.25, -0.2) is 12.7 Å². The zero-order chi connectivity index (χ0) is 15.5. The second kappa shape index (κ2) is 6.94. The van der Waals surface area contributed by atoms with Gasteiger partial charge >= 0.3 is 0 Å². The number of Topliss-reactive ketones (excluding diaryl/α,β-unsaturated/α-hetero) is 1. The van der Waals surface area contributed by atoms with Crippen LogP contribution in [0, 0.1) is 5.92 Å². The minimum Gasteiger partial charge on any atom is -0.295 e. The molecule has 0 aliphatic carbocycles. The highest BCUT2D eigenvalue weighted by molar-refractivity contribution is 7.99. The maximum absolute atomic E-state index is 11.6. The van der Waals surface area contributed by atoms with Crippen molar-refractivity contribution in [2.75, 3.05) is 25.1 Å². The van der Waals surface area contributed by atoms with Crippen LogP contribution in [-0.4, -0.2) is 43.6 Å². The van der Waals surface area contributed by atoms with Crippen LogP contribution >= 0.6 is 11.8 Å². The second-order valence-corrected chi connectivity index (χ2v) is 8.60. The monoisotopic (exact) mass is 327 g/mol. The molecule has 1 saturated heterocycles. The number of sulfonamides is 1. The Bertz CT molecular complexity index is 613. The number of carbonyl (C=O) groups is 1. The summed E-state index contributed by atoms with van der Waals surface area (Å²) in [5.74, 6) is 1.32. The summed E-state index contributed by atoms with van der Waals surface area (Å²) >= 11 is 1.70. The van der Waals surface area contributed by atoms with Gasteiger partial charge in [-0.05, 0) is 37.8 Å². The topological polar surface area (TPSA) is 54.5 Å². The van der Waals surface area contributed by atoms with Gasteiger partial charge in [-0.3, -0.25) is 4.79 Å². The van der Waals surface area contributed by atoms with Crippen LogP contribution in [-0.2, 0) is 10.0 Å². The summed E-state index contributed by atoms with van der Waals surface area (Å²) in [6.45, 7) is 2.81. The molecular weight excluding hydrogens is 306 g/mol. The molecule has 1 unspecified atom stereocenters. The molecule has 116 valence electrons. The van der Waals surface area contributed by atoms with Gasteiger partial charge in [0.2, 0.25) is 10.0 Å². The number of piperidine rings is 1. The third-order valence-corrected chi connectivity index (χ3v) is 6.17. The largest absolute Gasteiger partial charge is 0.295 e. The molecule has 2 rings (SSSR count). The Kier molecular flexibility index (Phi) is 5.46. The van der Waals surface area contributed by atoms with Crippen LogP contribution in [0.4, 0.5) is 0 Å². The fourth-order valence-electron chi connectivity index (χ4n) is 2.48. The number of carbonyl (C=O) groups excluding carboxylic acids is 1. The molecule has 4 nitrogen and oxygen atoms in total. The van der Waals surface area contributed by atoms with E-state index in [0.29, 0.717) is 19.0 Å². The van der Waals surface area contributed by atoms with E-state index in [1.807, 2.05) is 24.3 Å². The molecule has 6 heteroatoms. The Morgan fingerprint density at radius 1 is 1.43 bits per heavy atom. The first-order valence-corrected chi connectivity index (χ1v) is 9.88. The van der Waals surface area contributed by atoms with E-state index in [0.717, 1.165) is 29.1 Å². The fourth-order valence-corrected chi connectivity index (χ4v) is 4.51. The van der Waals surface area contributed by atoms with Gasteiger partial charge in [0.1, 0.15) is 0 Å². The lowest BCUT2D eigenvalue weighted by molar-refractivity contribution is 0.101. The summed E-state index contributed by atoms with van der Waals surface area (Å²) in [6.07, 6.45) is 3.26. The number of rotatable bonds is 5. The smallest absolute Gasteiger partial charge is 0.211 e. The number of ketones is 1. The first kappa shape index (κ1) is 16.5. The van der Waals surface area contributed by atoms with Crippen LogP contribution in [0.15, 0.2) is 29.2 Å². The Morgan fingerprint density at radius 3 is 2.86 bits per heavy atom. The van der Waals surface area contributed by atoms with E-state index in [2.05, 4.69) is 0 Å². The lowest BCUT2D eigenvalue weighted by Gasteiger charge is -2.30. The standard InChI is InChI=1S/C15H21NO3S2/c1-12(17)14-6-3-7-15(9-14)20-11-13-5-4-8-16(10-13)21(2,18)19/h3,6-7,9,13H,4-5,8,10-11H2,1-2H3. The van der Waals surface area contributed by atoms with Crippen LogP contribution in [0.2, 0.25) is 0 Å². The van der Waals surface area contributed by atoms with Crippen molar-refractivity contribution in [3.63, 3.8) is 0 Å². The van der Waals surface area contributed by atoms with Crippen molar-refractivity contribution in [1.29, 1.82) is 0 Å². The van der Waals surface area contributed by atoms with E-state index in [9.17, 15) is 13.2 Å². The van der Waals surface area contributed by atoms with Gasteiger partial charge in [-0.2, -0.15) is 0 Å². The van der Waals surface area contributed by atoms with Crippen molar-refractivity contribution in [3.05, 3.63) is 29.8 Å². The van der Waals surface area contributed by atoms with Gasteiger partial charge in [-0.15, -0.1) is 11.8 Å². The van der Waals surface area contributed by atoms with Gasteiger partial charge in [-0.1, -0.05) is 12.1 Å². The molecule has 0 aromatic heterocycles. The molecule has 1 aromatic carbocycles. The predicted molar refractivity (Wildman–Crippen MR) is 86.3 cm³/mol. The second-order valence-electron chi connectivity index (χ2n) is 5.52. The normalized spacial score (nSPS) is 20.4. The molecule has 0 bridgehead atoms. The summed E-state index contributed by atoms with van der Waals surface area (Å²) in [5, 5.41) is 0. The first-order valence-electron chi connectivity index (χ1n) is 7.05. The van der Waals surface area contributed by atoms with Gasteiger partial charge < -0.3 is 0 Å². The minimum absolute atomic E-state index is 0.0679. The number of benzene rings is 1. The Morgan fingerprint density at radius 2 is 2.19 bits per heavy atom. The van der Waals surface area contributed by atoms with Crippen LogP contribution < -0.4 is 0 Å². The molecule has 21 heavy (non-hydrogen) atoms. The van der Waals surface area contributed by atoms with E-state index >= 15 is 0 Å². The van der Waals surface area contributed by atoms with E-state index in [4.69, 9.17) is 0 Å². The molecule has 1 heterocycles. The van der Waals surface area contributed by atoms with Crippen molar-refractivity contribution in [2.24, 2.45) is 5.92 Å². The molecule has 0 radical (unpaired) electrons. The maximum atomic E-state index is 11.6. The van der Waals surface area contributed by atoms with Crippen LogP contribution in [0.5, 0.6) is 0 Å². The Labute approximate surface area is 131 Å². The summed E-state index contributed by atoms with van der Waals surface area (Å²) in [6, 6.07) is 7.61. The van der Waals surface area contributed by atoms with Crippen LogP contribution in [0.25, 0.3) is 0 Å². The molecule has 1 aliphatic heterocycles. The molecule has 1 aromatic rings. The summed E-state index contributed by atoms with van der Waals surface area (Å²) in [5.41, 5.74) is 0.724. The van der Waals surface area contributed by atoms with Crippen molar-refractivity contribution in [3.8, 4) is 0 Å². The quantitative estimate of drug-likeness (QED) is 0.616. The minimum atomic E-state index is -3.08. The average molecular weight is 327 g/mol. The summed E-state index contributed by atoms with van der Waals surface area (Å²) in [7, 11) is -3.08. The highest BCUT2D eigenvalue weighted by Gasteiger charge is 2.25. The Hall–Kier alpha value is -0.850. The zero-order valence-corrected chi connectivity index (χ0v) is 14.0. The Balaban J connectivity index is 1.94. The number of nitrogens with zero attached hydrogens (tertiary/aromatic N) is 1. The maximum Gasteiger partial charge on any atom is 0.211 e. The van der Waals surface area contributed by atoms with Crippen molar-refractivity contribution >= 4 is 27.6 Å². The zero-order valence-electron chi connectivity index (χ0n) is 12.4. The van der Waals surface area contributed by atoms with E-state index in [1.54, 1.807) is 23.0 Å². The fraction of sp³-hybridized carbons (Fsp3) is 0.533. The van der Waals surface area contributed by atoms with E-state index in [-0.39, 0.29) is 5.78 Å². The summed E-state index contributed by atoms with van der Waals surface area (Å²) < 4.78 is 24.8. The third-order valence-electron chi connectivity index (χ3n) is 3.68. The number of hydrogen-bond acceptors (Lipinski definition) is 4. The van der Waals surface area contributed by atoms with Crippen molar-refractivity contribution in [2.45, 2.75) is 24.7 Å². The van der Waals surface area contributed by atoms with Gasteiger partial charge in [0.05, 0.1) is 6.26 Å². The molecular formula is C15H21NO3S2. The SMILES string of the molecule is CC(=O)c1cccc(SCC2CCCN(S(C)(=O)=O)C2)c1. The van der Waals surface area contributed by atoms with Gasteiger partial charge in [0, 0.05) is 29.3 Å². The van der Waals surface area contributed by atoms with Crippen LogP contribution in [0.1, 0.15) is 30.1 Å². The highest BCUT2D eigenvalue weighted by atomic mass is 32.2. The predicted octanol–water partition coefficient (Wildman–Crippen LogP) is 2.65. The number of hydrogen-bond donors (Lipinski definition) is 0. The molecule has 1 fully saturated rings. The molecule has 1 aliphatic rings. The molecule has 0 spiro atoms. The van der Waals surface area contributed by atoms with Gasteiger partial charge in [0.15, 0.2) is 5.78 Å². The molecule has 1 atom stereocenters. The lowest BCUT2D eigenvalue weighted by atomic mass is 10.0. The van der Waals surface area contributed by atoms with Gasteiger partial charge in [0.25, 0.3) is 0 Å². The summed E-state index contributed by atoms with van der Waals surface area (Å²) in [4.78, 5) is 12.4. The molecule has 0 saturated carbocycles. The van der Waals surface area contributed by atoms with Crippen molar-refractivity contribution in [1.82, 2.24) is 4.31 Å². The van der Waals surface area contributed by atoms with Crippen molar-refractivity contribution < 1.29 is 13.2 Å².